The standard InChI is InChI=1S/C25H20FN3O7/c1-34-24(32)21-10-9-17(36-21)13-29-23(31)20(28-25(29)33)12-15-5-4-6-16(11-15)35-14-22(30)27-19-8-3-2-7-18(19)26/h2-12H,13-14H2,1H3,(H,27,30)(H,28,33)/b20-12-. The number of halogens is 1. The summed E-state index contributed by atoms with van der Waals surface area (Å²) in [7, 11) is 1.21. The van der Waals surface area contributed by atoms with E-state index in [2.05, 4.69) is 15.4 Å². The molecule has 1 aliphatic heterocycles. The first-order chi connectivity index (χ1) is 17.3. The van der Waals surface area contributed by atoms with Gasteiger partial charge in [-0.1, -0.05) is 24.3 Å². The van der Waals surface area contributed by atoms with Crippen LogP contribution in [0.1, 0.15) is 21.9 Å². The molecule has 0 unspecified atom stereocenters. The van der Waals surface area contributed by atoms with Crippen molar-refractivity contribution in [2.75, 3.05) is 19.0 Å². The van der Waals surface area contributed by atoms with Crippen molar-refractivity contribution in [3.05, 3.63) is 89.3 Å². The number of imide groups is 1. The molecule has 0 atom stereocenters. The largest absolute Gasteiger partial charge is 0.484 e. The molecule has 0 radical (unpaired) electrons. The van der Waals surface area contributed by atoms with E-state index in [1.54, 1.807) is 30.3 Å². The van der Waals surface area contributed by atoms with Gasteiger partial charge in [0, 0.05) is 0 Å². The molecule has 11 heteroatoms. The Balaban J connectivity index is 1.38. The Kier molecular flexibility index (Phi) is 7.10. The van der Waals surface area contributed by atoms with E-state index in [1.165, 1.54) is 43.5 Å². The number of nitrogens with zero attached hydrogens (tertiary/aromatic N) is 1. The van der Waals surface area contributed by atoms with E-state index in [1.807, 2.05) is 0 Å². The highest BCUT2D eigenvalue weighted by Gasteiger charge is 2.34. The zero-order chi connectivity index (χ0) is 25.7. The Morgan fingerprint density at radius 3 is 2.69 bits per heavy atom. The molecule has 1 aromatic heterocycles. The molecule has 1 aliphatic rings. The van der Waals surface area contributed by atoms with Crippen LogP contribution in [0.3, 0.4) is 0 Å². The van der Waals surface area contributed by atoms with E-state index in [0.29, 0.717) is 11.3 Å². The van der Waals surface area contributed by atoms with Crippen LogP contribution in [0.2, 0.25) is 0 Å². The number of esters is 1. The van der Waals surface area contributed by atoms with E-state index in [9.17, 15) is 23.6 Å². The number of furan rings is 1. The number of hydrogen-bond acceptors (Lipinski definition) is 7. The topological polar surface area (TPSA) is 127 Å². The summed E-state index contributed by atoms with van der Waals surface area (Å²) >= 11 is 0. The summed E-state index contributed by atoms with van der Waals surface area (Å²) in [5, 5.41) is 4.91. The summed E-state index contributed by atoms with van der Waals surface area (Å²) in [5.74, 6) is -1.87. The van der Waals surface area contributed by atoms with E-state index in [-0.39, 0.29) is 36.1 Å². The number of benzene rings is 2. The van der Waals surface area contributed by atoms with Crippen molar-refractivity contribution in [2.24, 2.45) is 0 Å². The Morgan fingerprint density at radius 1 is 1.11 bits per heavy atom. The van der Waals surface area contributed by atoms with Crippen molar-refractivity contribution >= 4 is 35.6 Å². The van der Waals surface area contributed by atoms with Gasteiger partial charge in [-0.2, -0.15) is 0 Å². The fraction of sp³-hybridized carbons (Fsp3) is 0.120. The van der Waals surface area contributed by atoms with E-state index in [4.69, 9.17) is 9.15 Å². The second kappa shape index (κ2) is 10.6. The molecule has 2 N–H and O–H groups in total. The zero-order valence-corrected chi connectivity index (χ0v) is 18.9. The molecular formula is C25H20FN3O7. The first-order valence-electron chi connectivity index (χ1n) is 10.6. The highest BCUT2D eigenvalue weighted by atomic mass is 19.1. The minimum absolute atomic E-state index is 0.0224. The Bertz CT molecular complexity index is 1360. The minimum atomic E-state index is -0.675. The number of hydrogen-bond donors (Lipinski definition) is 2. The fourth-order valence-electron chi connectivity index (χ4n) is 3.30. The van der Waals surface area contributed by atoms with Crippen molar-refractivity contribution in [3.63, 3.8) is 0 Å². The monoisotopic (exact) mass is 493 g/mol. The number of ether oxygens (including phenoxy) is 2. The van der Waals surface area contributed by atoms with Crippen molar-refractivity contribution in [3.8, 4) is 5.75 Å². The number of anilines is 1. The van der Waals surface area contributed by atoms with Crippen LogP contribution in [0.25, 0.3) is 6.08 Å². The van der Waals surface area contributed by atoms with Crippen LogP contribution in [0.4, 0.5) is 14.9 Å². The molecule has 4 rings (SSSR count). The number of urea groups is 1. The van der Waals surface area contributed by atoms with Crippen LogP contribution in [0.15, 0.2) is 70.8 Å². The third-order valence-corrected chi connectivity index (χ3v) is 5.01. The molecule has 184 valence electrons. The third-order valence-electron chi connectivity index (χ3n) is 5.01. The molecule has 0 saturated carbocycles. The van der Waals surface area contributed by atoms with Crippen molar-refractivity contribution < 1.29 is 37.5 Å². The van der Waals surface area contributed by atoms with Crippen LogP contribution in [0, 0.1) is 5.82 Å². The molecule has 36 heavy (non-hydrogen) atoms. The van der Waals surface area contributed by atoms with E-state index >= 15 is 0 Å². The molecular weight excluding hydrogens is 473 g/mol. The second-order valence-corrected chi connectivity index (χ2v) is 7.53. The smallest absolute Gasteiger partial charge is 0.373 e. The first-order valence-corrected chi connectivity index (χ1v) is 10.6. The zero-order valence-electron chi connectivity index (χ0n) is 18.9. The van der Waals surface area contributed by atoms with Gasteiger partial charge in [0.2, 0.25) is 5.76 Å². The van der Waals surface area contributed by atoms with Crippen molar-refractivity contribution in [1.29, 1.82) is 0 Å². The Labute approximate surface area is 204 Å². The molecule has 2 heterocycles. The van der Waals surface area contributed by atoms with Crippen LogP contribution in [-0.2, 0) is 20.9 Å². The average molecular weight is 493 g/mol. The van der Waals surface area contributed by atoms with Crippen LogP contribution in [-0.4, -0.2) is 42.4 Å². The van der Waals surface area contributed by atoms with Crippen molar-refractivity contribution in [2.45, 2.75) is 6.54 Å². The number of rotatable bonds is 8. The number of methoxy groups -OCH3 is 1. The lowest BCUT2D eigenvalue weighted by atomic mass is 10.2. The number of carbonyl (C=O) groups excluding carboxylic acids is 4. The molecule has 0 bridgehead atoms. The van der Waals surface area contributed by atoms with Gasteiger partial charge in [0.25, 0.3) is 11.8 Å². The van der Waals surface area contributed by atoms with Crippen LogP contribution < -0.4 is 15.4 Å². The molecule has 2 aromatic carbocycles. The maximum absolute atomic E-state index is 13.7. The molecule has 0 spiro atoms. The highest BCUT2D eigenvalue weighted by Crippen LogP contribution is 2.21. The summed E-state index contributed by atoms with van der Waals surface area (Å²) in [4.78, 5) is 49.6. The van der Waals surface area contributed by atoms with Gasteiger partial charge in [-0.25, -0.2) is 14.0 Å². The summed E-state index contributed by atoms with van der Waals surface area (Å²) in [6.45, 7) is -0.548. The van der Waals surface area contributed by atoms with Gasteiger partial charge in [0.05, 0.1) is 19.3 Å². The highest BCUT2D eigenvalue weighted by molar-refractivity contribution is 6.13. The predicted octanol–water partition coefficient (Wildman–Crippen LogP) is 3.32. The summed E-state index contributed by atoms with van der Waals surface area (Å²) in [6, 6.07) is 14.5. The van der Waals surface area contributed by atoms with Crippen molar-refractivity contribution in [1.82, 2.24) is 10.2 Å². The second-order valence-electron chi connectivity index (χ2n) is 7.53. The van der Waals surface area contributed by atoms with Gasteiger partial charge in [0.15, 0.2) is 6.61 Å². The normalized spacial score (nSPS) is 14.1. The van der Waals surface area contributed by atoms with Gasteiger partial charge in [0.1, 0.15) is 23.0 Å². The van der Waals surface area contributed by atoms with E-state index < -0.39 is 29.6 Å². The van der Waals surface area contributed by atoms with Gasteiger partial charge < -0.3 is 24.5 Å². The quantitative estimate of drug-likeness (QED) is 0.280. The molecule has 3 aromatic rings. The number of amides is 4. The molecule has 1 fully saturated rings. The SMILES string of the molecule is COC(=O)c1ccc(CN2C(=O)N/C(=C\c3cccc(OCC(=O)Nc4ccccc4F)c3)C2=O)o1. The maximum atomic E-state index is 13.7. The number of nitrogens with one attached hydrogen (secondary N) is 2. The summed E-state index contributed by atoms with van der Waals surface area (Å²) in [5.41, 5.74) is 0.591. The molecule has 1 saturated heterocycles. The predicted molar refractivity (Wildman–Crippen MR) is 124 cm³/mol. The van der Waals surface area contributed by atoms with Gasteiger partial charge >= 0.3 is 12.0 Å². The minimum Gasteiger partial charge on any atom is -0.484 e. The molecule has 0 aliphatic carbocycles. The van der Waals surface area contributed by atoms with Crippen LogP contribution in [0.5, 0.6) is 5.75 Å². The summed E-state index contributed by atoms with van der Waals surface area (Å²) in [6.07, 6.45) is 1.45. The van der Waals surface area contributed by atoms with Crippen LogP contribution >= 0.6 is 0 Å². The lowest BCUT2D eigenvalue weighted by molar-refractivity contribution is -0.123. The average Bonchev–Trinajstić information content (AvgIpc) is 3.44. The van der Waals surface area contributed by atoms with E-state index in [0.717, 1.165) is 4.90 Å². The lowest BCUT2D eigenvalue weighted by Crippen LogP contribution is -2.30. The Morgan fingerprint density at radius 2 is 1.92 bits per heavy atom. The maximum Gasteiger partial charge on any atom is 0.373 e. The fourth-order valence-corrected chi connectivity index (χ4v) is 3.30. The molecule has 10 nitrogen and oxygen atoms in total. The first kappa shape index (κ1) is 24.2. The summed E-state index contributed by atoms with van der Waals surface area (Å²) < 4.78 is 29.0. The number of carbonyl (C=O) groups is 4. The Hall–Kier alpha value is -4.93. The van der Waals surface area contributed by atoms with Gasteiger partial charge in [-0.3, -0.25) is 14.5 Å². The molecule has 4 amide bonds. The van der Waals surface area contributed by atoms with Gasteiger partial charge in [-0.15, -0.1) is 0 Å². The van der Waals surface area contributed by atoms with Gasteiger partial charge in [-0.05, 0) is 48.0 Å². The third kappa shape index (κ3) is 5.58. The number of para-hydroxylation sites is 1. The lowest BCUT2D eigenvalue weighted by Gasteiger charge is -2.09.